The third-order valence-electron chi connectivity index (χ3n) is 3.70. The zero-order valence-electron chi connectivity index (χ0n) is 13.2. The highest BCUT2D eigenvalue weighted by atomic mass is 16.5. The van der Waals surface area contributed by atoms with Crippen LogP contribution in [0.1, 0.15) is 49.8 Å². The van der Waals surface area contributed by atoms with Crippen molar-refractivity contribution in [3.8, 4) is 5.75 Å². The maximum absolute atomic E-state index is 5.94. The molecular weight excluding hydrogens is 234 g/mol. The topological polar surface area (TPSA) is 21.3 Å². The van der Waals surface area contributed by atoms with Gasteiger partial charge in [-0.1, -0.05) is 19.9 Å². The number of hydrogen-bond donors (Lipinski definition) is 1. The van der Waals surface area contributed by atoms with Crippen molar-refractivity contribution in [1.82, 2.24) is 5.32 Å². The Bertz CT molecular complexity index is 387. The average Bonchev–Trinajstić information content (AvgIpc) is 2.38. The minimum absolute atomic E-state index is 0.633. The summed E-state index contributed by atoms with van der Waals surface area (Å²) in [6, 6.07) is 4.98. The second-order valence-electron chi connectivity index (χ2n) is 5.36. The number of aryl methyl sites for hydroxylation is 2. The van der Waals surface area contributed by atoms with Gasteiger partial charge in [-0.2, -0.15) is 0 Å². The monoisotopic (exact) mass is 263 g/mol. The summed E-state index contributed by atoms with van der Waals surface area (Å²) in [5, 5.41) is 3.51. The maximum atomic E-state index is 5.94. The van der Waals surface area contributed by atoms with E-state index in [1.165, 1.54) is 29.5 Å². The molecule has 1 aromatic rings. The molecule has 0 aliphatic carbocycles. The number of nitrogens with one attached hydrogen (secondary N) is 1. The summed E-state index contributed by atoms with van der Waals surface area (Å²) in [4.78, 5) is 0. The fourth-order valence-corrected chi connectivity index (χ4v) is 2.40. The van der Waals surface area contributed by atoms with E-state index in [2.05, 4.69) is 52.1 Å². The van der Waals surface area contributed by atoms with Crippen LogP contribution >= 0.6 is 0 Å². The molecule has 1 aromatic carbocycles. The Morgan fingerprint density at radius 1 is 1.16 bits per heavy atom. The summed E-state index contributed by atoms with van der Waals surface area (Å²) >= 11 is 0. The van der Waals surface area contributed by atoms with E-state index in [1.807, 2.05) is 0 Å². The van der Waals surface area contributed by atoms with Crippen LogP contribution in [-0.2, 0) is 0 Å². The molecule has 0 heterocycles. The van der Waals surface area contributed by atoms with Crippen molar-refractivity contribution in [2.75, 3.05) is 13.2 Å². The van der Waals surface area contributed by atoms with Crippen LogP contribution in [0.15, 0.2) is 12.1 Å². The van der Waals surface area contributed by atoms with Gasteiger partial charge in [-0.25, -0.2) is 0 Å². The highest BCUT2D eigenvalue weighted by molar-refractivity contribution is 5.41. The van der Waals surface area contributed by atoms with Gasteiger partial charge in [-0.05, 0) is 69.3 Å². The minimum Gasteiger partial charge on any atom is -0.493 e. The Morgan fingerprint density at radius 2 is 1.89 bits per heavy atom. The Kier molecular flexibility index (Phi) is 6.93. The molecule has 2 nitrogen and oxygen atoms in total. The van der Waals surface area contributed by atoms with Crippen molar-refractivity contribution < 1.29 is 4.74 Å². The Morgan fingerprint density at radius 3 is 2.53 bits per heavy atom. The molecule has 1 rings (SSSR count). The minimum atomic E-state index is 0.633. The van der Waals surface area contributed by atoms with Gasteiger partial charge in [0.15, 0.2) is 0 Å². The fraction of sp³-hybridized carbons (Fsp3) is 0.647. The van der Waals surface area contributed by atoms with E-state index in [0.29, 0.717) is 6.04 Å². The molecule has 1 N–H and O–H groups in total. The van der Waals surface area contributed by atoms with E-state index in [1.54, 1.807) is 0 Å². The average molecular weight is 263 g/mol. The van der Waals surface area contributed by atoms with Crippen LogP contribution in [0.4, 0.5) is 0 Å². The molecule has 2 heteroatoms. The van der Waals surface area contributed by atoms with E-state index >= 15 is 0 Å². The van der Waals surface area contributed by atoms with Crippen LogP contribution < -0.4 is 10.1 Å². The normalized spacial score (nSPS) is 12.5. The first-order chi connectivity index (χ1) is 9.08. The fourth-order valence-electron chi connectivity index (χ4n) is 2.40. The molecule has 0 amide bonds. The van der Waals surface area contributed by atoms with Crippen molar-refractivity contribution in [2.45, 2.75) is 59.9 Å². The Balaban J connectivity index is 2.41. The third-order valence-corrected chi connectivity index (χ3v) is 3.70. The number of ether oxygens (including phenoxy) is 1. The molecule has 0 bridgehead atoms. The molecule has 0 radical (unpaired) electrons. The SMILES string of the molecule is CCNC(CC)CCCOc1cc(C)cc(C)c1C. The van der Waals surface area contributed by atoms with Gasteiger partial charge >= 0.3 is 0 Å². The van der Waals surface area contributed by atoms with Gasteiger partial charge in [0.05, 0.1) is 6.61 Å². The molecule has 0 saturated heterocycles. The lowest BCUT2D eigenvalue weighted by atomic mass is 10.1. The smallest absolute Gasteiger partial charge is 0.122 e. The number of hydrogen-bond acceptors (Lipinski definition) is 2. The highest BCUT2D eigenvalue weighted by Gasteiger charge is 2.06. The second-order valence-corrected chi connectivity index (χ2v) is 5.36. The third kappa shape index (κ3) is 5.23. The first-order valence-corrected chi connectivity index (χ1v) is 7.52. The van der Waals surface area contributed by atoms with E-state index in [4.69, 9.17) is 4.74 Å². The molecular formula is C17H29NO. The van der Waals surface area contributed by atoms with Gasteiger partial charge in [0.25, 0.3) is 0 Å². The number of rotatable bonds is 8. The molecule has 0 aromatic heterocycles. The summed E-state index contributed by atoms with van der Waals surface area (Å²) in [6.45, 7) is 12.7. The van der Waals surface area contributed by atoms with Gasteiger partial charge in [0.1, 0.15) is 5.75 Å². The number of benzene rings is 1. The molecule has 1 atom stereocenters. The predicted molar refractivity (Wildman–Crippen MR) is 83.1 cm³/mol. The Hall–Kier alpha value is -1.02. The summed E-state index contributed by atoms with van der Waals surface area (Å²) in [6.07, 6.45) is 3.49. The van der Waals surface area contributed by atoms with Crippen LogP contribution in [0, 0.1) is 20.8 Å². The van der Waals surface area contributed by atoms with Crippen molar-refractivity contribution >= 4 is 0 Å². The lowest BCUT2D eigenvalue weighted by molar-refractivity contribution is 0.293. The lowest BCUT2D eigenvalue weighted by Crippen LogP contribution is -2.28. The van der Waals surface area contributed by atoms with E-state index < -0.39 is 0 Å². The summed E-state index contributed by atoms with van der Waals surface area (Å²) in [7, 11) is 0. The van der Waals surface area contributed by atoms with Crippen LogP contribution in [0.2, 0.25) is 0 Å². The standard InChI is InChI=1S/C17H29NO/c1-6-16(18-7-2)9-8-10-19-17-12-13(3)11-14(4)15(17)5/h11-12,16,18H,6-10H2,1-5H3. The van der Waals surface area contributed by atoms with Crippen molar-refractivity contribution in [2.24, 2.45) is 0 Å². The molecule has 19 heavy (non-hydrogen) atoms. The van der Waals surface area contributed by atoms with Gasteiger partial charge in [0, 0.05) is 6.04 Å². The molecule has 0 spiro atoms. The molecule has 0 aliphatic rings. The molecule has 1 unspecified atom stereocenters. The van der Waals surface area contributed by atoms with Crippen LogP contribution in [-0.4, -0.2) is 19.2 Å². The zero-order valence-corrected chi connectivity index (χ0v) is 13.2. The molecule has 0 saturated carbocycles. The van der Waals surface area contributed by atoms with Crippen molar-refractivity contribution in [3.05, 3.63) is 28.8 Å². The van der Waals surface area contributed by atoms with Crippen LogP contribution in [0.25, 0.3) is 0 Å². The summed E-state index contributed by atoms with van der Waals surface area (Å²) in [5.74, 6) is 1.05. The van der Waals surface area contributed by atoms with Crippen molar-refractivity contribution in [3.63, 3.8) is 0 Å². The maximum Gasteiger partial charge on any atom is 0.122 e. The van der Waals surface area contributed by atoms with E-state index in [-0.39, 0.29) is 0 Å². The van der Waals surface area contributed by atoms with Crippen LogP contribution in [0.3, 0.4) is 0 Å². The largest absolute Gasteiger partial charge is 0.493 e. The van der Waals surface area contributed by atoms with E-state index in [9.17, 15) is 0 Å². The highest BCUT2D eigenvalue weighted by Crippen LogP contribution is 2.23. The quantitative estimate of drug-likeness (QED) is 0.711. The predicted octanol–water partition coefficient (Wildman–Crippen LogP) is 4.16. The molecule has 0 aliphatic heterocycles. The van der Waals surface area contributed by atoms with E-state index in [0.717, 1.165) is 25.3 Å². The summed E-state index contributed by atoms with van der Waals surface area (Å²) in [5.41, 5.74) is 3.86. The van der Waals surface area contributed by atoms with Gasteiger partial charge in [-0.3, -0.25) is 0 Å². The van der Waals surface area contributed by atoms with Crippen molar-refractivity contribution in [1.29, 1.82) is 0 Å². The molecule has 0 fully saturated rings. The van der Waals surface area contributed by atoms with Gasteiger partial charge < -0.3 is 10.1 Å². The van der Waals surface area contributed by atoms with Gasteiger partial charge in [-0.15, -0.1) is 0 Å². The summed E-state index contributed by atoms with van der Waals surface area (Å²) < 4.78 is 5.94. The van der Waals surface area contributed by atoms with Gasteiger partial charge in [0.2, 0.25) is 0 Å². The van der Waals surface area contributed by atoms with Crippen LogP contribution in [0.5, 0.6) is 5.75 Å². The first-order valence-electron chi connectivity index (χ1n) is 7.52. The Labute approximate surface area is 118 Å². The second kappa shape index (κ2) is 8.21. The zero-order chi connectivity index (χ0) is 14.3. The first kappa shape index (κ1) is 16.0. The molecule has 108 valence electrons. The lowest BCUT2D eigenvalue weighted by Gasteiger charge is -2.16.